The average molecular weight is 286 g/mol. The molecule has 0 unspecified atom stereocenters. The van der Waals surface area contributed by atoms with Crippen LogP contribution in [0, 0.1) is 0 Å². The molecular formula is C15H14N2O2S. The summed E-state index contributed by atoms with van der Waals surface area (Å²) < 4.78 is -0.665. The van der Waals surface area contributed by atoms with E-state index in [4.69, 9.17) is 0 Å². The smallest absolute Gasteiger partial charge is 0.273 e. The molecule has 4 nitrogen and oxygen atoms in total. The quantitative estimate of drug-likeness (QED) is 0.850. The molecule has 0 N–H and O–H groups in total. The topological polar surface area (TPSA) is 50.3 Å². The van der Waals surface area contributed by atoms with E-state index in [1.807, 2.05) is 30.3 Å². The molecule has 1 aromatic carbocycles. The Kier molecular flexibility index (Phi) is 3.01. The molecule has 2 aromatic rings. The minimum absolute atomic E-state index is 0.138. The number of hydrogen-bond donors (Lipinski definition) is 0. The Morgan fingerprint density at radius 1 is 1.25 bits per heavy atom. The van der Waals surface area contributed by atoms with Crippen LogP contribution in [0.5, 0.6) is 0 Å². The number of thioether (sulfide) groups is 1. The third kappa shape index (κ3) is 2.18. The van der Waals surface area contributed by atoms with Gasteiger partial charge in [-0.3, -0.25) is 19.5 Å². The van der Waals surface area contributed by atoms with Gasteiger partial charge >= 0.3 is 0 Å². The first-order valence-corrected chi connectivity index (χ1v) is 7.18. The van der Waals surface area contributed by atoms with Gasteiger partial charge in [0.25, 0.3) is 5.24 Å². The molecule has 0 bridgehead atoms. The number of carbonyl (C=O) groups excluding carboxylic acids is 2. The molecule has 0 atom stereocenters. The van der Waals surface area contributed by atoms with Crippen LogP contribution in [0.4, 0.5) is 4.79 Å². The molecule has 2 heterocycles. The number of benzene rings is 1. The van der Waals surface area contributed by atoms with E-state index < -0.39 is 4.75 Å². The van der Waals surface area contributed by atoms with E-state index in [1.165, 1.54) is 4.90 Å². The zero-order valence-electron chi connectivity index (χ0n) is 11.3. The molecule has 1 aliphatic rings. The van der Waals surface area contributed by atoms with E-state index in [9.17, 15) is 9.59 Å². The van der Waals surface area contributed by atoms with Gasteiger partial charge < -0.3 is 0 Å². The van der Waals surface area contributed by atoms with E-state index in [2.05, 4.69) is 4.98 Å². The summed E-state index contributed by atoms with van der Waals surface area (Å²) in [6.07, 6.45) is 1.72. The number of hydrogen-bond acceptors (Lipinski definition) is 4. The number of rotatable bonds is 2. The SMILES string of the molecule is CC1(C)SC(=O)N(Cc2cnc3ccccc3c2)C1=O. The molecule has 1 saturated heterocycles. The van der Waals surface area contributed by atoms with Crippen LogP contribution < -0.4 is 0 Å². The van der Waals surface area contributed by atoms with Gasteiger partial charge in [-0.05, 0) is 43.3 Å². The standard InChI is InChI=1S/C15H14N2O2S/c1-15(2)13(18)17(14(19)20-15)9-10-7-11-5-3-4-6-12(11)16-8-10/h3-8H,9H2,1-2H3. The Morgan fingerprint density at radius 3 is 2.70 bits per heavy atom. The second kappa shape index (κ2) is 4.59. The van der Waals surface area contributed by atoms with Gasteiger partial charge in [0.15, 0.2) is 0 Å². The number of aromatic nitrogens is 1. The molecule has 20 heavy (non-hydrogen) atoms. The van der Waals surface area contributed by atoms with Crippen LogP contribution in [0.15, 0.2) is 36.5 Å². The number of amides is 2. The number of nitrogens with zero attached hydrogens (tertiary/aromatic N) is 2. The maximum atomic E-state index is 12.2. The normalized spacial score (nSPS) is 18.0. The van der Waals surface area contributed by atoms with Crippen LogP contribution in [0.1, 0.15) is 19.4 Å². The highest BCUT2D eigenvalue weighted by atomic mass is 32.2. The molecule has 1 aromatic heterocycles. The third-order valence-corrected chi connectivity index (χ3v) is 4.39. The van der Waals surface area contributed by atoms with Crippen molar-refractivity contribution in [3.05, 3.63) is 42.1 Å². The van der Waals surface area contributed by atoms with Crippen molar-refractivity contribution in [2.24, 2.45) is 0 Å². The second-order valence-corrected chi connectivity index (χ2v) is 6.88. The Balaban J connectivity index is 1.90. The molecule has 5 heteroatoms. The maximum Gasteiger partial charge on any atom is 0.289 e. The molecule has 0 aliphatic carbocycles. The molecule has 3 rings (SSSR count). The Bertz CT molecular complexity index is 712. The van der Waals surface area contributed by atoms with Crippen LogP contribution in [-0.2, 0) is 11.3 Å². The summed E-state index contributed by atoms with van der Waals surface area (Å²) in [5.41, 5.74) is 1.77. The second-order valence-electron chi connectivity index (χ2n) is 5.31. The first-order valence-electron chi connectivity index (χ1n) is 6.36. The molecule has 2 amide bonds. The number of para-hydroxylation sites is 1. The lowest BCUT2D eigenvalue weighted by Gasteiger charge is -2.16. The maximum absolute atomic E-state index is 12.2. The van der Waals surface area contributed by atoms with E-state index in [0.29, 0.717) is 0 Å². The molecule has 1 aliphatic heterocycles. The first-order chi connectivity index (χ1) is 9.47. The Hall–Kier alpha value is -1.88. The Labute approximate surface area is 121 Å². The van der Waals surface area contributed by atoms with Crippen molar-refractivity contribution in [3.8, 4) is 0 Å². The zero-order valence-corrected chi connectivity index (χ0v) is 12.1. The van der Waals surface area contributed by atoms with Gasteiger partial charge in [-0.25, -0.2) is 0 Å². The monoisotopic (exact) mass is 286 g/mol. The van der Waals surface area contributed by atoms with Gasteiger partial charge in [0.05, 0.1) is 16.8 Å². The van der Waals surface area contributed by atoms with Gasteiger partial charge in [-0.1, -0.05) is 18.2 Å². The van der Waals surface area contributed by atoms with Crippen molar-refractivity contribution < 1.29 is 9.59 Å². The summed E-state index contributed by atoms with van der Waals surface area (Å²) >= 11 is 1.08. The van der Waals surface area contributed by atoms with Crippen molar-refractivity contribution >= 4 is 33.8 Å². The third-order valence-electron chi connectivity index (χ3n) is 3.31. The van der Waals surface area contributed by atoms with Gasteiger partial charge in [-0.2, -0.15) is 0 Å². The van der Waals surface area contributed by atoms with Gasteiger partial charge in [-0.15, -0.1) is 0 Å². The van der Waals surface area contributed by atoms with Crippen molar-refractivity contribution in [2.75, 3.05) is 0 Å². The van der Waals surface area contributed by atoms with Crippen molar-refractivity contribution in [2.45, 2.75) is 25.1 Å². The minimum Gasteiger partial charge on any atom is -0.273 e. The summed E-state index contributed by atoms with van der Waals surface area (Å²) in [4.78, 5) is 29.7. The fourth-order valence-electron chi connectivity index (χ4n) is 2.25. The highest BCUT2D eigenvalue weighted by molar-refractivity contribution is 8.16. The van der Waals surface area contributed by atoms with Crippen molar-refractivity contribution in [1.29, 1.82) is 0 Å². The first kappa shape index (κ1) is 13.1. The summed E-state index contributed by atoms with van der Waals surface area (Å²) in [6, 6.07) is 9.75. The van der Waals surface area contributed by atoms with Crippen molar-refractivity contribution in [3.63, 3.8) is 0 Å². The molecule has 1 fully saturated rings. The van der Waals surface area contributed by atoms with E-state index in [0.717, 1.165) is 28.2 Å². The lowest BCUT2D eigenvalue weighted by atomic mass is 10.1. The summed E-state index contributed by atoms with van der Waals surface area (Å²) in [5.74, 6) is -0.138. The van der Waals surface area contributed by atoms with Crippen LogP contribution >= 0.6 is 11.8 Å². The highest BCUT2D eigenvalue weighted by Crippen LogP contribution is 2.37. The predicted octanol–water partition coefficient (Wildman–Crippen LogP) is 3.21. The van der Waals surface area contributed by atoms with E-state index in [1.54, 1.807) is 20.0 Å². The summed E-state index contributed by atoms with van der Waals surface area (Å²) in [5, 5.41) is 0.823. The molecule has 0 radical (unpaired) electrons. The van der Waals surface area contributed by atoms with Crippen molar-refractivity contribution in [1.82, 2.24) is 9.88 Å². The largest absolute Gasteiger partial charge is 0.289 e. The molecule has 0 saturated carbocycles. The lowest BCUT2D eigenvalue weighted by Crippen LogP contribution is -2.35. The van der Waals surface area contributed by atoms with E-state index >= 15 is 0 Å². The zero-order chi connectivity index (χ0) is 14.3. The molecule has 102 valence electrons. The summed E-state index contributed by atoms with van der Waals surface area (Å²) in [7, 11) is 0. The Morgan fingerprint density at radius 2 is 2.00 bits per heavy atom. The predicted molar refractivity (Wildman–Crippen MR) is 79.4 cm³/mol. The van der Waals surface area contributed by atoms with Crippen LogP contribution in [0.25, 0.3) is 10.9 Å². The number of imide groups is 1. The number of fused-ring (bicyclic) bond motifs is 1. The number of carbonyl (C=O) groups is 2. The summed E-state index contributed by atoms with van der Waals surface area (Å²) in [6.45, 7) is 3.83. The van der Waals surface area contributed by atoms with E-state index in [-0.39, 0.29) is 17.7 Å². The van der Waals surface area contributed by atoms with Gasteiger partial charge in [0.1, 0.15) is 0 Å². The fourth-order valence-corrected chi connectivity index (χ4v) is 3.14. The average Bonchev–Trinajstić information content (AvgIpc) is 2.61. The van der Waals surface area contributed by atoms with Crippen LogP contribution in [0.2, 0.25) is 0 Å². The highest BCUT2D eigenvalue weighted by Gasteiger charge is 2.45. The fraction of sp³-hybridized carbons (Fsp3) is 0.267. The van der Waals surface area contributed by atoms with Crippen LogP contribution in [-0.4, -0.2) is 25.8 Å². The number of pyridine rings is 1. The van der Waals surface area contributed by atoms with Crippen LogP contribution in [0.3, 0.4) is 0 Å². The molecular weight excluding hydrogens is 272 g/mol. The molecule has 0 spiro atoms. The minimum atomic E-state index is -0.665. The van der Waals surface area contributed by atoms with Gasteiger partial charge in [0, 0.05) is 11.6 Å². The lowest BCUT2D eigenvalue weighted by molar-refractivity contribution is -0.129. The van der Waals surface area contributed by atoms with Gasteiger partial charge in [0.2, 0.25) is 5.91 Å².